The summed E-state index contributed by atoms with van der Waals surface area (Å²) in [6.45, 7) is 3.10. The topological polar surface area (TPSA) is 43.1 Å². The molecule has 0 saturated heterocycles. The molecule has 15 heavy (non-hydrogen) atoms. The van der Waals surface area contributed by atoms with E-state index in [1.165, 1.54) is 6.07 Å². The van der Waals surface area contributed by atoms with E-state index >= 15 is 0 Å². The van der Waals surface area contributed by atoms with E-state index in [0.717, 1.165) is 12.1 Å². The zero-order chi connectivity index (χ0) is 11.6. The van der Waals surface area contributed by atoms with Crippen LogP contribution in [0.1, 0.15) is 19.4 Å². The lowest BCUT2D eigenvalue weighted by molar-refractivity contribution is -0.122. The Hall–Kier alpha value is -1.29. The van der Waals surface area contributed by atoms with Crippen molar-refractivity contribution in [1.82, 2.24) is 0 Å². The summed E-state index contributed by atoms with van der Waals surface area (Å²) in [4.78, 5) is 11.5. The summed E-state index contributed by atoms with van der Waals surface area (Å²) in [5, 5.41) is 0. The zero-order valence-corrected chi connectivity index (χ0v) is 8.68. The third kappa shape index (κ3) is 3.09. The van der Waals surface area contributed by atoms with Crippen molar-refractivity contribution in [3.8, 4) is 0 Å². The summed E-state index contributed by atoms with van der Waals surface area (Å²) in [5.41, 5.74) is 4.73. The van der Waals surface area contributed by atoms with E-state index in [2.05, 4.69) is 0 Å². The van der Waals surface area contributed by atoms with Crippen molar-refractivity contribution in [2.45, 2.75) is 25.8 Å². The van der Waals surface area contributed by atoms with E-state index in [9.17, 15) is 13.6 Å². The van der Waals surface area contributed by atoms with E-state index in [4.69, 9.17) is 5.73 Å². The molecule has 0 fully saturated rings. The van der Waals surface area contributed by atoms with Crippen LogP contribution >= 0.6 is 0 Å². The van der Waals surface area contributed by atoms with Crippen molar-refractivity contribution in [3.63, 3.8) is 0 Å². The predicted molar refractivity (Wildman–Crippen MR) is 53.3 cm³/mol. The van der Waals surface area contributed by atoms with Gasteiger partial charge < -0.3 is 5.73 Å². The first-order valence-electron chi connectivity index (χ1n) is 4.57. The molecular weight excluding hydrogens is 200 g/mol. The van der Waals surface area contributed by atoms with Crippen molar-refractivity contribution < 1.29 is 13.6 Å². The molecule has 0 saturated carbocycles. The number of hydrogen-bond acceptors (Lipinski definition) is 2. The maximum absolute atomic E-state index is 13.2. The Morgan fingerprint density at radius 1 is 1.40 bits per heavy atom. The Bertz CT molecular complexity index is 383. The lowest BCUT2D eigenvalue weighted by Crippen LogP contribution is -2.42. The fraction of sp³-hybridized carbons (Fsp3) is 0.364. The summed E-state index contributed by atoms with van der Waals surface area (Å²) in [5.74, 6) is -1.66. The zero-order valence-electron chi connectivity index (χ0n) is 8.68. The van der Waals surface area contributed by atoms with E-state index in [-0.39, 0.29) is 17.8 Å². The second kappa shape index (κ2) is 4.06. The van der Waals surface area contributed by atoms with Crippen LogP contribution in [0.25, 0.3) is 0 Å². The molecule has 0 spiro atoms. The minimum absolute atomic E-state index is 0.115. The first-order valence-corrected chi connectivity index (χ1v) is 4.57. The Labute approximate surface area is 87.1 Å². The van der Waals surface area contributed by atoms with E-state index in [1.54, 1.807) is 13.8 Å². The monoisotopic (exact) mass is 213 g/mol. The van der Waals surface area contributed by atoms with Crippen molar-refractivity contribution in [1.29, 1.82) is 0 Å². The van der Waals surface area contributed by atoms with Crippen LogP contribution in [0.3, 0.4) is 0 Å². The van der Waals surface area contributed by atoms with Crippen molar-refractivity contribution >= 4 is 5.78 Å². The average molecular weight is 213 g/mol. The number of carbonyl (C=O) groups excluding carboxylic acids is 1. The van der Waals surface area contributed by atoms with E-state index in [1.807, 2.05) is 0 Å². The predicted octanol–water partition coefficient (Wildman–Crippen LogP) is 1.81. The van der Waals surface area contributed by atoms with Crippen molar-refractivity contribution in [2.75, 3.05) is 0 Å². The minimum atomic E-state index is -0.999. The lowest BCUT2D eigenvalue weighted by Gasteiger charge is -2.16. The molecular formula is C11H13F2NO. The van der Waals surface area contributed by atoms with Gasteiger partial charge in [-0.15, -0.1) is 0 Å². The molecule has 0 aromatic heterocycles. The van der Waals surface area contributed by atoms with Gasteiger partial charge >= 0.3 is 0 Å². The second-order valence-electron chi connectivity index (χ2n) is 4.06. The number of halogens is 2. The van der Waals surface area contributed by atoms with Gasteiger partial charge in [-0.25, -0.2) is 8.78 Å². The molecule has 1 rings (SSSR count). The molecule has 82 valence electrons. The van der Waals surface area contributed by atoms with Gasteiger partial charge in [-0.1, -0.05) is 6.07 Å². The summed E-state index contributed by atoms with van der Waals surface area (Å²) in [6.07, 6.45) is -0.115. The highest BCUT2D eigenvalue weighted by atomic mass is 19.1. The van der Waals surface area contributed by atoms with Crippen LogP contribution in [0.5, 0.6) is 0 Å². The van der Waals surface area contributed by atoms with Crippen LogP contribution in [0, 0.1) is 11.6 Å². The van der Waals surface area contributed by atoms with Crippen LogP contribution in [-0.4, -0.2) is 11.3 Å². The fourth-order valence-electron chi connectivity index (χ4n) is 1.07. The minimum Gasteiger partial charge on any atom is -0.319 e. The van der Waals surface area contributed by atoms with Gasteiger partial charge in [0.2, 0.25) is 0 Å². The van der Waals surface area contributed by atoms with Gasteiger partial charge in [-0.3, -0.25) is 4.79 Å². The molecule has 2 N–H and O–H groups in total. The summed E-state index contributed by atoms with van der Waals surface area (Å²) < 4.78 is 25.7. The highest BCUT2D eigenvalue weighted by molar-refractivity contribution is 5.89. The maximum Gasteiger partial charge on any atom is 0.156 e. The number of Topliss-reactive ketones (excluding diaryl/α,β-unsaturated/α-hetero) is 1. The maximum atomic E-state index is 13.2. The molecule has 2 nitrogen and oxygen atoms in total. The third-order valence-electron chi connectivity index (χ3n) is 2.08. The average Bonchev–Trinajstić information content (AvgIpc) is 2.08. The summed E-state index contributed by atoms with van der Waals surface area (Å²) in [7, 11) is 0. The lowest BCUT2D eigenvalue weighted by atomic mass is 9.95. The summed E-state index contributed by atoms with van der Waals surface area (Å²) >= 11 is 0. The molecule has 4 heteroatoms. The molecule has 1 aromatic rings. The third-order valence-corrected chi connectivity index (χ3v) is 2.08. The Kier molecular flexibility index (Phi) is 3.19. The van der Waals surface area contributed by atoms with Crippen LogP contribution in [0.15, 0.2) is 18.2 Å². The van der Waals surface area contributed by atoms with E-state index in [0.29, 0.717) is 0 Å². The quantitative estimate of drug-likeness (QED) is 0.832. The molecule has 0 unspecified atom stereocenters. The van der Waals surface area contributed by atoms with Gasteiger partial charge in [0.25, 0.3) is 0 Å². The van der Waals surface area contributed by atoms with Gasteiger partial charge in [0.1, 0.15) is 11.6 Å². The number of ketones is 1. The van der Waals surface area contributed by atoms with Gasteiger partial charge in [-0.05, 0) is 25.5 Å². The first kappa shape index (κ1) is 11.8. The van der Waals surface area contributed by atoms with Crippen LogP contribution in [0.2, 0.25) is 0 Å². The molecule has 0 heterocycles. The first-order chi connectivity index (χ1) is 6.80. The standard InChI is InChI=1S/C11H13F2NO/c1-11(2,14)10(15)5-7-3-4-8(12)6-9(7)13/h3-4,6H,5,14H2,1-2H3. The SMILES string of the molecule is CC(C)(N)C(=O)Cc1ccc(F)cc1F. The number of nitrogens with two attached hydrogens (primary N) is 1. The normalized spacial score (nSPS) is 11.5. The van der Waals surface area contributed by atoms with Gasteiger partial charge in [-0.2, -0.15) is 0 Å². The number of hydrogen-bond donors (Lipinski definition) is 1. The molecule has 0 aliphatic carbocycles. The van der Waals surface area contributed by atoms with Crippen molar-refractivity contribution in [3.05, 3.63) is 35.4 Å². The van der Waals surface area contributed by atoms with Crippen LogP contribution in [0.4, 0.5) is 8.78 Å². The highest BCUT2D eigenvalue weighted by Gasteiger charge is 2.22. The highest BCUT2D eigenvalue weighted by Crippen LogP contribution is 2.13. The molecule has 0 bridgehead atoms. The Balaban J connectivity index is 2.87. The number of rotatable bonds is 3. The largest absolute Gasteiger partial charge is 0.319 e. The Morgan fingerprint density at radius 2 is 2.00 bits per heavy atom. The second-order valence-corrected chi connectivity index (χ2v) is 4.06. The van der Waals surface area contributed by atoms with Gasteiger partial charge in [0.05, 0.1) is 5.54 Å². The van der Waals surface area contributed by atoms with Gasteiger partial charge in [0.15, 0.2) is 5.78 Å². The van der Waals surface area contributed by atoms with Crippen LogP contribution < -0.4 is 5.73 Å². The Morgan fingerprint density at radius 3 is 2.47 bits per heavy atom. The fourth-order valence-corrected chi connectivity index (χ4v) is 1.07. The molecule has 0 aliphatic rings. The molecule has 0 amide bonds. The van der Waals surface area contributed by atoms with Crippen molar-refractivity contribution in [2.24, 2.45) is 5.73 Å². The summed E-state index contributed by atoms with van der Waals surface area (Å²) in [6, 6.07) is 3.13. The number of carbonyl (C=O) groups is 1. The molecule has 1 aromatic carbocycles. The van der Waals surface area contributed by atoms with Crippen LogP contribution in [-0.2, 0) is 11.2 Å². The molecule has 0 atom stereocenters. The van der Waals surface area contributed by atoms with Gasteiger partial charge in [0, 0.05) is 12.5 Å². The smallest absolute Gasteiger partial charge is 0.156 e. The number of benzene rings is 1. The molecule has 0 aliphatic heterocycles. The molecule has 0 radical (unpaired) electrons. The van der Waals surface area contributed by atoms with E-state index < -0.39 is 17.2 Å².